The first-order chi connectivity index (χ1) is 19.7. The topological polar surface area (TPSA) is 146 Å². The number of amides is 2. The number of ketones is 1. The fourth-order valence-electron chi connectivity index (χ4n) is 5.40. The van der Waals surface area contributed by atoms with Crippen LogP contribution in [-0.2, 0) is 27.5 Å². The minimum atomic E-state index is -1.24. The van der Waals surface area contributed by atoms with Crippen LogP contribution in [0.15, 0.2) is 48.0 Å². The fraction of sp³-hybridized carbons (Fsp3) is 0.433. The average Bonchev–Trinajstić information content (AvgIpc) is 3.35. The summed E-state index contributed by atoms with van der Waals surface area (Å²) in [6, 6.07) is 9.34. The predicted octanol–water partition coefficient (Wildman–Crippen LogP) is 2.25. The normalized spacial score (nSPS) is 20.8. The molecule has 220 valence electrons. The number of aliphatic hydroxyl groups is 3. The Bertz CT molecular complexity index is 1310. The van der Waals surface area contributed by atoms with E-state index in [2.05, 4.69) is 5.32 Å². The molecule has 0 aromatic heterocycles. The Balaban J connectivity index is 1.78. The first-order valence-electron chi connectivity index (χ1n) is 13.5. The van der Waals surface area contributed by atoms with Gasteiger partial charge in [-0.2, -0.15) is 0 Å². The smallest absolute Gasteiger partial charge is 0.247 e. The molecule has 2 amide bonds. The van der Waals surface area contributed by atoms with Crippen LogP contribution >= 0.6 is 11.6 Å². The number of nitrogens with zero attached hydrogens (tertiary/aromatic N) is 1. The van der Waals surface area contributed by atoms with Gasteiger partial charge in [0.2, 0.25) is 11.8 Å². The van der Waals surface area contributed by atoms with E-state index in [-0.39, 0.29) is 56.4 Å². The second kappa shape index (κ2) is 13.5. The summed E-state index contributed by atoms with van der Waals surface area (Å²) >= 11 is 6.06. The van der Waals surface area contributed by atoms with Gasteiger partial charge in [0.15, 0.2) is 11.5 Å². The molecule has 1 aliphatic heterocycles. The van der Waals surface area contributed by atoms with Gasteiger partial charge in [-0.25, -0.2) is 0 Å². The molecule has 2 aromatic carbocycles. The molecule has 11 heteroatoms. The second-order valence-corrected chi connectivity index (χ2v) is 10.7. The lowest BCUT2D eigenvalue weighted by Gasteiger charge is -2.41. The van der Waals surface area contributed by atoms with E-state index in [0.717, 1.165) is 5.56 Å². The van der Waals surface area contributed by atoms with Gasteiger partial charge in [-0.1, -0.05) is 23.7 Å². The molecule has 0 saturated carbocycles. The molecule has 4 atom stereocenters. The van der Waals surface area contributed by atoms with E-state index in [4.69, 9.17) is 21.1 Å². The third kappa shape index (κ3) is 6.73. The van der Waals surface area contributed by atoms with Crippen molar-refractivity contribution in [3.8, 4) is 11.5 Å². The number of hydrogen-bond acceptors (Lipinski definition) is 8. The fourth-order valence-corrected chi connectivity index (χ4v) is 5.52. The van der Waals surface area contributed by atoms with Gasteiger partial charge in [-0.15, -0.1) is 0 Å². The second-order valence-electron chi connectivity index (χ2n) is 10.2. The van der Waals surface area contributed by atoms with Gasteiger partial charge in [0, 0.05) is 42.1 Å². The first kappa shape index (κ1) is 30.5. The number of carbonyl (C=O) groups excluding carboxylic acids is 3. The number of methoxy groups -OCH3 is 1. The molecule has 0 spiro atoms. The Morgan fingerprint density at radius 3 is 2.46 bits per heavy atom. The number of ether oxygens (including phenoxy) is 2. The summed E-state index contributed by atoms with van der Waals surface area (Å²) in [5.74, 6) is -0.841. The Morgan fingerprint density at radius 2 is 1.83 bits per heavy atom. The van der Waals surface area contributed by atoms with Crippen LogP contribution in [0.3, 0.4) is 0 Å². The number of carbonyl (C=O) groups is 3. The summed E-state index contributed by atoms with van der Waals surface area (Å²) in [6.45, 7) is 1.04. The first-order valence-corrected chi connectivity index (χ1v) is 13.9. The van der Waals surface area contributed by atoms with Crippen LogP contribution in [0.25, 0.3) is 0 Å². The van der Waals surface area contributed by atoms with Crippen molar-refractivity contribution in [3.05, 3.63) is 69.8 Å². The van der Waals surface area contributed by atoms with Crippen molar-refractivity contribution in [2.45, 2.75) is 63.5 Å². The highest BCUT2D eigenvalue weighted by atomic mass is 35.5. The lowest BCUT2D eigenvalue weighted by atomic mass is 9.77. The Kier molecular flexibility index (Phi) is 10.0. The van der Waals surface area contributed by atoms with E-state index >= 15 is 0 Å². The van der Waals surface area contributed by atoms with Crippen LogP contribution in [0.4, 0.5) is 0 Å². The van der Waals surface area contributed by atoms with E-state index < -0.39 is 30.1 Å². The van der Waals surface area contributed by atoms with Gasteiger partial charge < -0.3 is 39.8 Å². The molecule has 0 unspecified atom stereocenters. The van der Waals surface area contributed by atoms with Crippen LogP contribution < -0.4 is 14.8 Å². The quantitative estimate of drug-likeness (QED) is 0.296. The number of aliphatic hydroxyl groups excluding tert-OH is 3. The van der Waals surface area contributed by atoms with Crippen LogP contribution in [0.2, 0.25) is 5.02 Å². The van der Waals surface area contributed by atoms with Crippen molar-refractivity contribution < 1.29 is 39.2 Å². The van der Waals surface area contributed by atoms with E-state index in [9.17, 15) is 29.7 Å². The lowest BCUT2D eigenvalue weighted by molar-refractivity contribution is -0.138. The van der Waals surface area contributed by atoms with Gasteiger partial charge in [0.05, 0.1) is 32.3 Å². The molecule has 1 aliphatic carbocycles. The minimum absolute atomic E-state index is 0.00691. The molecule has 4 rings (SSSR count). The maximum Gasteiger partial charge on any atom is 0.247 e. The third-order valence-corrected chi connectivity index (χ3v) is 7.61. The standard InChI is InChI=1S/C30H35ClN2O8/c1-17(36)4-3-5-25(37)33(15-18-6-8-20(31)9-7-18)23-14-22(30(39)32-10-11-34)26-21-12-19(16-35)13-24(40-2)28(21)41-29(26)27(23)38/h6-9,12-14,23,26-27,29,34-35,38H,3-5,10-11,15-16H2,1-2H3,(H,32,39)/t23-,26+,27+,29+/m1/s1. The highest BCUT2D eigenvalue weighted by Crippen LogP contribution is 2.51. The van der Waals surface area contributed by atoms with Crippen molar-refractivity contribution in [1.82, 2.24) is 10.2 Å². The summed E-state index contributed by atoms with van der Waals surface area (Å²) in [5, 5.41) is 34.1. The monoisotopic (exact) mass is 586 g/mol. The molecule has 41 heavy (non-hydrogen) atoms. The number of halogens is 1. The van der Waals surface area contributed by atoms with Gasteiger partial charge in [-0.05, 0) is 54.8 Å². The van der Waals surface area contributed by atoms with Gasteiger partial charge in [0.25, 0.3) is 0 Å². The highest BCUT2D eigenvalue weighted by Gasteiger charge is 2.51. The van der Waals surface area contributed by atoms with Crippen molar-refractivity contribution >= 4 is 29.2 Å². The summed E-state index contributed by atoms with van der Waals surface area (Å²) in [5.41, 5.74) is 2.13. The largest absolute Gasteiger partial charge is 0.493 e. The van der Waals surface area contributed by atoms with Crippen LogP contribution in [-0.4, -0.2) is 76.3 Å². The maximum atomic E-state index is 13.6. The maximum absolute atomic E-state index is 13.6. The summed E-state index contributed by atoms with van der Waals surface area (Å²) in [7, 11) is 1.46. The zero-order chi connectivity index (χ0) is 29.7. The number of benzene rings is 2. The number of rotatable bonds is 12. The minimum Gasteiger partial charge on any atom is -0.493 e. The summed E-state index contributed by atoms with van der Waals surface area (Å²) in [4.78, 5) is 40.1. The molecule has 2 aliphatic rings. The number of hydrogen-bond donors (Lipinski definition) is 4. The van der Waals surface area contributed by atoms with Gasteiger partial charge in [0.1, 0.15) is 18.0 Å². The van der Waals surface area contributed by atoms with E-state index in [0.29, 0.717) is 34.1 Å². The lowest BCUT2D eigenvalue weighted by Crippen LogP contribution is -2.55. The average molecular weight is 587 g/mol. The van der Waals surface area contributed by atoms with E-state index in [1.807, 2.05) is 0 Å². The molecule has 1 heterocycles. The number of Topliss-reactive ketones (excluding diaryl/α,β-unsaturated/α-hetero) is 1. The van der Waals surface area contributed by atoms with Crippen molar-refractivity contribution in [2.75, 3.05) is 20.3 Å². The Labute approximate surface area is 243 Å². The van der Waals surface area contributed by atoms with Crippen molar-refractivity contribution in [1.29, 1.82) is 0 Å². The molecule has 0 bridgehead atoms. The van der Waals surface area contributed by atoms with Crippen LogP contribution in [0.5, 0.6) is 11.5 Å². The molecule has 4 N–H and O–H groups in total. The van der Waals surface area contributed by atoms with Gasteiger partial charge in [-0.3, -0.25) is 9.59 Å². The molecule has 10 nitrogen and oxygen atoms in total. The molecular formula is C30H35ClN2O8. The van der Waals surface area contributed by atoms with E-state index in [1.165, 1.54) is 18.9 Å². The van der Waals surface area contributed by atoms with Crippen molar-refractivity contribution in [2.24, 2.45) is 0 Å². The third-order valence-electron chi connectivity index (χ3n) is 7.36. The number of fused-ring (bicyclic) bond motifs is 3. The Hall–Kier alpha value is -3.44. The Morgan fingerprint density at radius 1 is 1.10 bits per heavy atom. The molecule has 0 fully saturated rings. The van der Waals surface area contributed by atoms with Crippen LogP contribution in [0.1, 0.15) is 48.8 Å². The number of nitrogens with one attached hydrogen (secondary N) is 1. The summed E-state index contributed by atoms with van der Waals surface area (Å²) < 4.78 is 11.7. The predicted molar refractivity (Wildman–Crippen MR) is 151 cm³/mol. The SMILES string of the molecule is COc1cc(CO)cc2c1O[C@@H]1[C@@H](O)[C@H](N(Cc3ccc(Cl)cc3)C(=O)CCCC(C)=O)C=C(C(=O)NCCO)[C@H]21. The van der Waals surface area contributed by atoms with Crippen molar-refractivity contribution in [3.63, 3.8) is 0 Å². The highest BCUT2D eigenvalue weighted by molar-refractivity contribution is 6.30. The van der Waals surface area contributed by atoms with Gasteiger partial charge >= 0.3 is 0 Å². The molecular weight excluding hydrogens is 552 g/mol. The molecule has 0 saturated heterocycles. The zero-order valence-corrected chi connectivity index (χ0v) is 23.8. The zero-order valence-electron chi connectivity index (χ0n) is 23.0. The summed E-state index contributed by atoms with van der Waals surface area (Å²) in [6.07, 6.45) is 0.0433. The molecule has 2 aromatic rings. The van der Waals surface area contributed by atoms with Crippen LogP contribution in [0, 0.1) is 0 Å². The van der Waals surface area contributed by atoms with E-state index in [1.54, 1.807) is 42.5 Å². The molecule has 0 radical (unpaired) electrons.